The molecule has 2 nitrogen and oxygen atoms in total. The van der Waals surface area contributed by atoms with E-state index < -0.39 is 0 Å². The Labute approximate surface area is 140 Å². The zero-order chi connectivity index (χ0) is 16.7. The average molecular weight is 314 g/mol. The van der Waals surface area contributed by atoms with Crippen molar-refractivity contribution in [1.29, 1.82) is 0 Å². The first-order valence-electron chi connectivity index (χ1n) is 8.84. The minimum atomic E-state index is -0.164. The van der Waals surface area contributed by atoms with E-state index in [1.807, 2.05) is 0 Å². The van der Waals surface area contributed by atoms with Crippen LogP contribution in [0.4, 0.5) is 0 Å². The smallest absolute Gasteiger partial charge is 0.125 e. The van der Waals surface area contributed by atoms with Crippen LogP contribution in [0, 0.1) is 11.3 Å². The zero-order valence-electron chi connectivity index (χ0n) is 15.2. The number of para-hydroxylation sites is 1. The molecular weight excluding hydrogens is 284 g/mol. The van der Waals surface area contributed by atoms with Gasteiger partial charge in [-0.05, 0) is 51.5 Å². The first-order chi connectivity index (χ1) is 10.8. The standard InChI is InChI=1S/C21H30O2/c1-15(2)9-8-12-21(5)17-13-20(3,4)14-22-19(17)16-10-6-7-11-18(16)23-21/h6-7,9-11,17,19H,8,12-14H2,1-5H3. The molecule has 2 heteroatoms. The van der Waals surface area contributed by atoms with Gasteiger partial charge in [-0.2, -0.15) is 0 Å². The summed E-state index contributed by atoms with van der Waals surface area (Å²) in [6.45, 7) is 12.0. The summed E-state index contributed by atoms with van der Waals surface area (Å²) in [4.78, 5) is 0. The van der Waals surface area contributed by atoms with Crippen LogP contribution in [0.5, 0.6) is 5.75 Å². The van der Waals surface area contributed by atoms with Crippen LogP contribution < -0.4 is 4.74 Å². The maximum Gasteiger partial charge on any atom is 0.125 e. The predicted octanol–water partition coefficient (Wildman–Crippen LogP) is 5.69. The summed E-state index contributed by atoms with van der Waals surface area (Å²) in [7, 11) is 0. The van der Waals surface area contributed by atoms with Crippen LogP contribution in [0.2, 0.25) is 0 Å². The van der Waals surface area contributed by atoms with Crippen molar-refractivity contribution in [2.45, 2.75) is 65.6 Å². The minimum Gasteiger partial charge on any atom is -0.487 e. The average Bonchev–Trinajstić information content (AvgIpc) is 2.46. The van der Waals surface area contributed by atoms with Crippen LogP contribution in [0.1, 0.15) is 65.5 Å². The molecule has 0 aliphatic carbocycles. The molecule has 2 aliphatic rings. The molecule has 3 unspecified atom stereocenters. The van der Waals surface area contributed by atoms with Crippen LogP contribution in [0.15, 0.2) is 35.9 Å². The Morgan fingerprint density at radius 2 is 1.96 bits per heavy atom. The molecule has 0 N–H and O–H groups in total. The molecular formula is C21H30O2. The summed E-state index contributed by atoms with van der Waals surface area (Å²) >= 11 is 0. The van der Waals surface area contributed by atoms with E-state index >= 15 is 0 Å². The molecule has 1 fully saturated rings. The second-order valence-electron chi connectivity index (χ2n) is 8.48. The van der Waals surface area contributed by atoms with Gasteiger partial charge in [-0.25, -0.2) is 0 Å². The maximum absolute atomic E-state index is 6.55. The largest absolute Gasteiger partial charge is 0.487 e. The van der Waals surface area contributed by atoms with Gasteiger partial charge >= 0.3 is 0 Å². The Balaban J connectivity index is 1.93. The summed E-state index contributed by atoms with van der Waals surface area (Å²) in [6.07, 6.45) is 5.73. The van der Waals surface area contributed by atoms with E-state index in [0.29, 0.717) is 5.92 Å². The molecule has 2 aliphatic heterocycles. The van der Waals surface area contributed by atoms with Gasteiger partial charge in [0.05, 0.1) is 12.7 Å². The molecule has 1 aromatic carbocycles. The van der Waals surface area contributed by atoms with Gasteiger partial charge in [-0.1, -0.05) is 43.7 Å². The molecule has 1 aromatic rings. The van der Waals surface area contributed by atoms with Gasteiger partial charge in [0.15, 0.2) is 0 Å². The maximum atomic E-state index is 6.55. The summed E-state index contributed by atoms with van der Waals surface area (Å²) < 4.78 is 12.9. The van der Waals surface area contributed by atoms with Gasteiger partial charge in [-0.15, -0.1) is 0 Å². The molecule has 3 rings (SSSR count). The van der Waals surface area contributed by atoms with Gasteiger partial charge in [0.25, 0.3) is 0 Å². The quantitative estimate of drug-likeness (QED) is 0.667. The van der Waals surface area contributed by atoms with Crippen LogP contribution in [-0.2, 0) is 4.74 Å². The third-order valence-corrected chi connectivity index (χ3v) is 5.34. The highest BCUT2D eigenvalue weighted by molar-refractivity contribution is 5.39. The van der Waals surface area contributed by atoms with Gasteiger partial charge in [-0.3, -0.25) is 0 Å². The topological polar surface area (TPSA) is 18.5 Å². The van der Waals surface area contributed by atoms with Crippen molar-refractivity contribution in [2.24, 2.45) is 11.3 Å². The van der Waals surface area contributed by atoms with E-state index in [-0.39, 0.29) is 17.1 Å². The number of rotatable bonds is 3. The van der Waals surface area contributed by atoms with Gasteiger partial charge < -0.3 is 9.47 Å². The van der Waals surface area contributed by atoms with E-state index in [4.69, 9.17) is 9.47 Å². The Morgan fingerprint density at radius 3 is 2.70 bits per heavy atom. The molecule has 2 heterocycles. The Kier molecular flexibility index (Phi) is 4.31. The number of fused-ring (bicyclic) bond motifs is 3. The highest BCUT2D eigenvalue weighted by Gasteiger charge is 2.51. The Morgan fingerprint density at radius 1 is 1.22 bits per heavy atom. The lowest BCUT2D eigenvalue weighted by atomic mass is 9.67. The highest BCUT2D eigenvalue weighted by Crippen LogP contribution is 2.54. The fourth-order valence-electron chi connectivity index (χ4n) is 4.05. The zero-order valence-corrected chi connectivity index (χ0v) is 15.2. The van der Waals surface area contributed by atoms with E-state index in [2.05, 4.69) is 65.0 Å². The third kappa shape index (κ3) is 3.33. The normalized spacial score (nSPS) is 31.5. The molecule has 0 bridgehead atoms. The number of benzene rings is 1. The van der Waals surface area contributed by atoms with Crippen molar-refractivity contribution in [1.82, 2.24) is 0 Å². The van der Waals surface area contributed by atoms with Crippen molar-refractivity contribution in [2.75, 3.05) is 6.61 Å². The summed E-state index contributed by atoms with van der Waals surface area (Å²) in [5.41, 5.74) is 2.66. The van der Waals surface area contributed by atoms with Gasteiger partial charge in [0.2, 0.25) is 0 Å². The minimum absolute atomic E-state index is 0.164. The SMILES string of the molecule is CC(C)=CCCC1(C)Oc2ccccc2C2OCC(C)(C)CC21. The second kappa shape index (κ2) is 5.98. The van der Waals surface area contributed by atoms with Crippen LogP contribution in [0.3, 0.4) is 0 Å². The van der Waals surface area contributed by atoms with Crippen molar-refractivity contribution in [3.63, 3.8) is 0 Å². The first-order valence-corrected chi connectivity index (χ1v) is 8.84. The molecule has 0 saturated carbocycles. The molecule has 0 aromatic heterocycles. The lowest BCUT2D eigenvalue weighted by Gasteiger charge is -2.52. The van der Waals surface area contributed by atoms with Gasteiger partial charge in [0.1, 0.15) is 11.4 Å². The number of allylic oxidation sites excluding steroid dienone is 2. The summed E-state index contributed by atoms with van der Waals surface area (Å²) in [5.74, 6) is 1.42. The van der Waals surface area contributed by atoms with Gasteiger partial charge in [0, 0.05) is 11.5 Å². The number of hydrogen-bond donors (Lipinski definition) is 0. The van der Waals surface area contributed by atoms with E-state index in [1.165, 1.54) is 11.1 Å². The van der Waals surface area contributed by atoms with Crippen molar-refractivity contribution in [3.05, 3.63) is 41.5 Å². The molecule has 1 saturated heterocycles. The molecule has 3 atom stereocenters. The van der Waals surface area contributed by atoms with Crippen LogP contribution in [-0.4, -0.2) is 12.2 Å². The van der Waals surface area contributed by atoms with Crippen molar-refractivity contribution >= 4 is 0 Å². The molecule has 23 heavy (non-hydrogen) atoms. The fraction of sp³-hybridized carbons (Fsp3) is 0.619. The van der Waals surface area contributed by atoms with E-state index in [1.54, 1.807) is 0 Å². The lowest BCUT2D eigenvalue weighted by Crippen LogP contribution is -2.52. The second-order valence-corrected chi connectivity index (χ2v) is 8.48. The summed E-state index contributed by atoms with van der Waals surface area (Å²) in [6, 6.07) is 8.41. The number of hydrogen-bond acceptors (Lipinski definition) is 2. The predicted molar refractivity (Wildman–Crippen MR) is 94.7 cm³/mol. The monoisotopic (exact) mass is 314 g/mol. The third-order valence-electron chi connectivity index (χ3n) is 5.34. The summed E-state index contributed by atoms with van der Waals surface area (Å²) in [5, 5.41) is 0. The van der Waals surface area contributed by atoms with Crippen molar-refractivity contribution < 1.29 is 9.47 Å². The van der Waals surface area contributed by atoms with Crippen molar-refractivity contribution in [3.8, 4) is 5.75 Å². The van der Waals surface area contributed by atoms with E-state index in [9.17, 15) is 0 Å². The number of ether oxygens (including phenoxy) is 2. The molecule has 0 amide bonds. The molecule has 126 valence electrons. The lowest BCUT2D eigenvalue weighted by molar-refractivity contribution is -0.162. The highest BCUT2D eigenvalue weighted by atomic mass is 16.5. The van der Waals surface area contributed by atoms with Crippen LogP contribution >= 0.6 is 0 Å². The van der Waals surface area contributed by atoms with E-state index in [0.717, 1.165) is 31.6 Å². The Hall–Kier alpha value is -1.28. The van der Waals surface area contributed by atoms with Crippen LogP contribution in [0.25, 0.3) is 0 Å². The Bertz CT molecular complexity index is 598. The first kappa shape index (κ1) is 16.6. The fourth-order valence-corrected chi connectivity index (χ4v) is 4.05. The molecule has 0 spiro atoms. The molecule has 0 radical (unpaired) electrons.